The Bertz CT molecular complexity index is 925. The molecule has 0 aliphatic heterocycles. The minimum absolute atomic E-state index is 0.341. The first-order valence-corrected chi connectivity index (χ1v) is 9.81. The van der Waals surface area contributed by atoms with Gasteiger partial charge in [0.1, 0.15) is 5.75 Å². The maximum atomic E-state index is 10.3. The molecule has 0 radical (unpaired) electrons. The van der Waals surface area contributed by atoms with Gasteiger partial charge in [0.25, 0.3) is 0 Å². The predicted octanol–water partition coefficient (Wildman–Crippen LogP) is 5.59. The minimum atomic E-state index is 0.341. The fourth-order valence-electron chi connectivity index (χ4n) is 3.39. The molecule has 0 aliphatic rings. The standard InChI is InChI=1S/C22H26ClN3O/c1-4-25(5-2)15-16-13-18(8-10-22(16)27)26(6-3)21-11-12-24-20-14-17(23)7-9-19(20)21/h7-14,27H,4-6,15H2,1-3H3. The molecule has 0 saturated carbocycles. The maximum Gasteiger partial charge on any atom is 0.120 e. The highest BCUT2D eigenvalue weighted by molar-refractivity contribution is 6.31. The van der Waals surface area contributed by atoms with Crippen LogP contribution in [-0.2, 0) is 6.54 Å². The summed E-state index contributed by atoms with van der Waals surface area (Å²) in [6, 6.07) is 13.7. The smallest absolute Gasteiger partial charge is 0.120 e. The van der Waals surface area contributed by atoms with E-state index in [9.17, 15) is 5.11 Å². The van der Waals surface area contributed by atoms with Crippen LogP contribution in [0.3, 0.4) is 0 Å². The molecule has 142 valence electrons. The predicted molar refractivity (Wildman–Crippen MR) is 114 cm³/mol. The number of nitrogens with zero attached hydrogens (tertiary/aromatic N) is 3. The van der Waals surface area contributed by atoms with Crippen molar-refractivity contribution in [2.45, 2.75) is 27.3 Å². The first-order valence-electron chi connectivity index (χ1n) is 9.43. The zero-order valence-corrected chi connectivity index (χ0v) is 16.9. The molecule has 5 heteroatoms. The summed E-state index contributed by atoms with van der Waals surface area (Å²) < 4.78 is 0. The first-order chi connectivity index (χ1) is 13.1. The van der Waals surface area contributed by atoms with E-state index in [0.717, 1.165) is 54.0 Å². The molecule has 1 N–H and O–H groups in total. The SMILES string of the molecule is CCN(CC)Cc1cc(N(CC)c2ccnc3cc(Cl)ccc23)ccc1O. The van der Waals surface area contributed by atoms with Gasteiger partial charge in [-0.3, -0.25) is 9.88 Å². The number of benzene rings is 2. The molecule has 0 saturated heterocycles. The van der Waals surface area contributed by atoms with Crippen LogP contribution in [-0.4, -0.2) is 34.6 Å². The third-order valence-corrected chi connectivity index (χ3v) is 5.19. The quantitative estimate of drug-likeness (QED) is 0.577. The number of hydrogen-bond acceptors (Lipinski definition) is 4. The van der Waals surface area contributed by atoms with Gasteiger partial charge in [0.2, 0.25) is 0 Å². The molecule has 0 amide bonds. The van der Waals surface area contributed by atoms with Crippen LogP contribution in [0.2, 0.25) is 5.02 Å². The van der Waals surface area contributed by atoms with Crippen LogP contribution in [0.5, 0.6) is 5.75 Å². The molecule has 3 aromatic rings. The number of hydrogen-bond donors (Lipinski definition) is 1. The largest absolute Gasteiger partial charge is 0.508 e. The number of aromatic hydroxyl groups is 1. The average molecular weight is 384 g/mol. The van der Waals surface area contributed by atoms with E-state index in [2.05, 4.69) is 41.6 Å². The number of halogens is 1. The monoisotopic (exact) mass is 383 g/mol. The maximum absolute atomic E-state index is 10.3. The summed E-state index contributed by atoms with van der Waals surface area (Å²) in [6.07, 6.45) is 1.81. The van der Waals surface area contributed by atoms with Crippen LogP contribution < -0.4 is 4.90 Å². The summed E-state index contributed by atoms with van der Waals surface area (Å²) in [6.45, 7) is 9.84. The van der Waals surface area contributed by atoms with Crippen molar-refractivity contribution < 1.29 is 5.11 Å². The van der Waals surface area contributed by atoms with E-state index in [4.69, 9.17) is 11.6 Å². The minimum Gasteiger partial charge on any atom is -0.508 e. The summed E-state index contributed by atoms with van der Waals surface area (Å²) in [5, 5.41) is 12.1. The Morgan fingerprint density at radius 3 is 2.44 bits per heavy atom. The normalized spacial score (nSPS) is 11.3. The second kappa shape index (κ2) is 8.59. The molecule has 0 bridgehead atoms. The molecule has 0 atom stereocenters. The molecule has 1 heterocycles. The number of fused-ring (bicyclic) bond motifs is 1. The van der Waals surface area contributed by atoms with E-state index in [-0.39, 0.29) is 0 Å². The van der Waals surface area contributed by atoms with Crippen LogP contribution in [0, 0.1) is 0 Å². The van der Waals surface area contributed by atoms with E-state index in [1.54, 1.807) is 6.07 Å². The van der Waals surface area contributed by atoms with Gasteiger partial charge in [-0.15, -0.1) is 0 Å². The fourth-order valence-corrected chi connectivity index (χ4v) is 3.55. The lowest BCUT2D eigenvalue weighted by Crippen LogP contribution is -2.22. The summed E-state index contributed by atoms with van der Waals surface area (Å²) in [5.74, 6) is 0.341. The molecule has 2 aromatic carbocycles. The Balaban J connectivity index is 2.04. The lowest BCUT2D eigenvalue weighted by molar-refractivity contribution is 0.291. The Kier molecular flexibility index (Phi) is 6.19. The van der Waals surface area contributed by atoms with Gasteiger partial charge < -0.3 is 10.0 Å². The van der Waals surface area contributed by atoms with Gasteiger partial charge in [-0.05, 0) is 62.5 Å². The van der Waals surface area contributed by atoms with E-state index < -0.39 is 0 Å². The first kappa shape index (κ1) is 19.5. The Hall–Kier alpha value is -2.30. The molecule has 1 aromatic heterocycles. The highest BCUT2D eigenvalue weighted by Crippen LogP contribution is 2.34. The molecule has 0 fully saturated rings. The molecule has 0 spiro atoms. The average Bonchev–Trinajstić information content (AvgIpc) is 2.68. The fraction of sp³-hybridized carbons (Fsp3) is 0.318. The van der Waals surface area contributed by atoms with Gasteiger partial charge in [-0.1, -0.05) is 25.4 Å². The molecule has 0 unspecified atom stereocenters. The van der Waals surface area contributed by atoms with Crippen LogP contribution in [0.4, 0.5) is 11.4 Å². The van der Waals surface area contributed by atoms with Crippen molar-refractivity contribution in [2.24, 2.45) is 0 Å². The second-order valence-electron chi connectivity index (χ2n) is 6.51. The number of rotatable bonds is 7. The Labute approximate surface area is 166 Å². The number of phenolic OH excluding ortho intramolecular Hbond substituents is 1. The molecule has 3 rings (SSSR count). The van der Waals surface area contributed by atoms with Crippen LogP contribution in [0.15, 0.2) is 48.7 Å². The third-order valence-electron chi connectivity index (χ3n) is 4.95. The Morgan fingerprint density at radius 1 is 0.963 bits per heavy atom. The summed E-state index contributed by atoms with van der Waals surface area (Å²) in [5.41, 5.74) is 3.95. The van der Waals surface area contributed by atoms with Crippen LogP contribution >= 0.6 is 11.6 Å². The van der Waals surface area contributed by atoms with Gasteiger partial charge in [-0.25, -0.2) is 0 Å². The summed E-state index contributed by atoms with van der Waals surface area (Å²) in [7, 11) is 0. The number of phenols is 1. The zero-order valence-electron chi connectivity index (χ0n) is 16.1. The van der Waals surface area contributed by atoms with Crippen LogP contribution in [0.1, 0.15) is 26.3 Å². The molecule has 0 aliphatic carbocycles. The zero-order chi connectivity index (χ0) is 19.4. The van der Waals surface area contributed by atoms with Gasteiger partial charge >= 0.3 is 0 Å². The van der Waals surface area contributed by atoms with Crippen molar-refractivity contribution >= 4 is 33.9 Å². The number of pyridine rings is 1. The lowest BCUT2D eigenvalue weighted by Gasteiger charge is -2.26. The van der Waals surface area contributed by atoms with Crippen LogP contribution in [0.25, 0.3) is 10.9 Å². The van der Waals surface area contributed by atoms with E-state index in [1.165, 1.54) is 0 Å². The van der Waals surface area contributed by atoms with Gasteiger partial charge in [0.05, 0.1) is 11.2 Å². The number of aromatic nitrogens is 1. The highest BCUT2D eigenvalue weighted by atomic mass is 35.5. The van der Waals surface area contributed by atoms with Crippen molar-refractivity contribution in [1.82, 2.24) is 9.88 Å². The van der Waals surface area contributed by atoms with Crippen molar-refractivity contribution in [2.75, 3.05) is 24.5 Å². The Morgan fingerprint density at radius 2 is 1.74 bits per heavy atom. The third kappa shape index (κ3) is 4.18. The van der Waals surface area contributed by atoms with Crippen molar-refractivity contribution in [3.8, 4) is 5.75 Å². The van der Waals surface area contributed by atoms with Crippen molar-refractivity contribution in [3.63, 3.8) is 0 Å². The van der Waals surface area contributed by atoms with Gasteiger partial charge in [0.15, 0.2) is 0 Å². The molecule has 27 heavy (non-hydrogen) atoms. The summed E-state index contributed by atoms with van der Waals surface area (Å²) >= 11 is 6.13. The molecule has 4 nitrogen and oxygen atoms in total. The molecular formula is C22H26ClN3O. The molecular weight excluding hydrogens is 358 g/mol. The number of anilines is 2. The van der Waals surface area contributed by atoms with E-state index in [1.807, 2.05) is 36.5 Å². The summed E-state index contributed by atoms with van der Waals surface area (Å²) in [4.78, 5) is 8.98. The van der Waals surface area contributed by atoms with Gasteiger partial charge in [0, 0.05) is 40.9 Å². The highest BCUT2D eigenvalue weighted by Gasteiger charge is 2.14. The van der Waals surface area contributed by atoms with Gasteiger partial charge in [-0.2, -0.15) is 0 Å². The van der Waals surface area contributed by atoms with Crippen molar-refractivity contribution in [3.05, 3.63) is 59.2 Å². The van der Waals surface area contributed by atoms with E-state index >= 15 is 0 Å². The topological polar surface area (TPSA) is 39.6 Å². The second-order valence-corrected chi connectivity index (χ2v) is 6.95. The van der Waals surface area contributed by atoms with Crippen molar-refractivity contribution in [1.29, 1.82) is 0 Å². The lowest BCUT2D eigenvalue weighted by atomic mass is 10.1. The van der Waals surface area contributed by atoms with E-state index in [0.29, 0.717) is 10.8 Å².